The summed E-state index contributed by atoms with van der Waals surface area (Å²) in [6.45, 7) is 3.13. The number of rotatable bonds is 1. The number of nitrogens with two attached hydrogens (primary N) is 1. The first-order valence-electron chi connectivity index (χ1n) is 1.38. The van der Waals surface area contributed by atoms with E-state index in [0.717, 1.165) is 6.20 Å². The predicted octanol–water partition coefficient (Wildman–Crippen LogP) is -0.187. The molecule has 0 aliphatic heterocycles. The normalized spacial score (nSPS) is 6.67. The molecule has 0 aromatic rings. The highest BCUT2D eigenvalue weighted by molar-refractivity contribution is 5.72. The molecule has 0 aliphatic carbocycles. The van der Waals surface area contributed by atoms with Crippen molar-refractivity contribution in [3.8, 4) is 0 Å². The van der Waals surface area contributed by atoms with Crippen LogP contribution in [0.5, 0.6) is 0 Å². The molecule has 6 heavy (non-hydrogen) atoms. The van der Waals surface area contributed by atoms with Gasteiger partial charge in [0.15, 0.2) is 0 Å². The number of nitrogens with zero attached hydrogens (tertiary/aromatic N) is 1. The van der Waals surface area contributed by atoms with Crippen LogP contribution in [-0.2, 0) is 0 Å². The molecule has 2 N–H and O–H groups in total. The minimum Gasteiger partial charge on any atom is -0.350 e. The average molecular weight is 85.1 g/mol. The molecule has 0 fully saturated rings. The molecule has 0 bridgehead atoms. The molecule has 0 aromatic heterocycles. The summed E-state index contributed by atoms with van der Waals surface area (Å²) in [7, 11) is 0. The van der Waals surface area contributed by atoms with Crippen LogP contribution in [0.2, 0.25) is 0 Å². The molecule has 3 heteroatoms. The number of carbonyl (C=O) groups excluding carboxylic acids is 1. The zero-order valence-corrected chi connectivity index (χ0v) is 3.22. The fourth-order valence-corrected chi connectivity index (χ4v) is 0.0900. The molecule has 0 saturated carbocycles. The summed E-state index contributed by atoms with van der Waals surface area (Å²) in [6, 6.07) is -0.704. The summed E-state index contributed by atoms with van der Waals surface area (Å²) >= 11 is 0. The van der Waals surface area contributed by atoms with Gasteiger partial charge in [-0.05, 0) is 0 Å². The van der Waals surface area contributed by atoms with Gasteiger partial charge < -0.3 is 5.73 Å². The maximum absolute atomic E-state index is 9.58. The first kappa shape index (κ1) is 5.01. The first-order valence-corrected chi connectivity index (χ1v) is 1.38. The van der Waals surface area contributed by atoms with Crippen molar-refractivity contribution in [3.63, 3.8) is 0 Å². The third kappa shape index (κ3) is 3.01. The maximum atomic E-state index is 9.58. The molecule has 0 aliphatic rings. The molecule has 1 radical (unpaired) electrons. The minimum absolute atomic E-state index is 0.704. The lowest BCUT2D eigenvalue weighted by molar-refractivity contribution is 0.251. The van der Waals surface area contributed by atoms with Crippen molar-refractivity contribution in [2.24, 2.45) is 5.73 Å². The van der Waals surface area contributed by atoms with Gasteiger partial charge in [0.25, 0.3) is 0 Å². The topological polar surface area (TPSA) is 57.2 Å². The van der Waals surface area contributed by atoms with Crippen LogP contribution in [0.4, 0.5) is 4.79 Å². The molecular formula is C3H5N2O. The van der Waals surface area contributed by atoms with Gasteiger partial charge >= 0.3 is 6.03 Å². The third-order valence-corrected chi connectivity index (χ3v) is 0.219. The van der Waals surface area contributed by atoms with Crippen LogP contribution in [0.3, 0.4) is 0 Å². The molecule has 0 rings (SSSR count). The van der Waals surface area contributed by atoms with E-state index < -0.39 is 6.03 Å². The van der Waals surface area contributed by atoms with Gasteiger partial charge in [-0.3, -0.25) is 0 Å². The Hall–Kier alpha value is -0.990. The van der Waals surface area contributed by atoms with Crippen molar-refractivity contribution in [3.05, 3.63) is 12.8 Å². The second-order valence-corrected chi connectivity index (χ2v) is 0.650. The van der Waals surface area contributed by atoms with E-state index in [2.05, 4.69) is 17.6 Å². The monoisotopic (exact) mass is 85.0 g/mol. The summed E-state index contributed by atoms with van der Waals surface area (Å²) in [5, 5.41) is 3.03. The molecule has 33 valence electrons. The van der Waals surface area contributed by atoms with Gasteiger partial charge in [0, 0.05) is 6.20 Å². The van der Waals surface area contributed by atoms with Crippen LogP contribution in [-0.4, -0.2) is 6.03 Å². The van der Waals surface area contributed by atoms with Crippen LogP contribution >= 0.6 is 0 Å². The molecular weight excluding hydrogens is 80.0 g/mol. The number of urea groups is 1. The molecule has 0 atom stereocenters. The van der Waals surface area contributed by atoms with Gasteiger partial charge in [-0.2, -0.15) is 0 Å². The predicted molar refractivity (Wildman–Crippen MR) is 21.9 cm³/mol. The molecule has 3 nitrogen and oxygen atoms in total. The fourth-order valence-electron chi connectivity index (χ4n) is 0.0900. The summed E-state index contributed by atoms with van der Waals surface area (Å²) in [6.07, 6.45) is 1.10. The quantitative estimate of drug-likeness (QED) is 0.471. The second-order valence-electron chi connectivity index (χ2n) is 0.650. The van der Waals surface area contributed by atoms with Crippen molar-refractivity contribution in [1.29, 1.82) is 0 Å². The number of hydrogen-bond acceptors (Lipinski definition) is 1. The van der Waals surface area contributed by atoms with Crippen LogP contribution in [0.1, 0.15) is 0 Å². The van der Waals surface area contributed by atoms with E-state index in [-0.39, 0.29) is 0 Å². The van der Waals surface area contributed by atoms with Crippen LogP contribution in [0.15, 0.2) is 12.8 Å². The summed E-state index contributed by atoms with van der Waals surface area (Å²) in [5.74, 6) is 0. The number of carbonyl (C=O) groups is 1. The highest BCUT2D eigenvalue weighted by atomic mass is 16.2. The Labute approximate surface area is 35.8 Å². The van der Waals surface area contributed by atoms with Gasteiger partial charge in [-0.1, -0.05) is 6.58 Å². The minimum atomic E-state index is -0.704. The molecule has 0 spiro atoms. The number of amides is 2. The highest BCUT2D eigenvalue weighted by Gasteiger charge is 1.80. The second kappa shape index (κ2) is 2.26. The van der Waals surface area contributed by atoms with E-state index in [4.69, 9.17) is 0 Å². The van der Waals surface area contributed by atoms with Crippen molar-refractivity contribution in [2.45, 2.75) is 0 Å². The van der Waals surface area contributed by atoms with Gasteiger partial charge in [0.1, 0.15) is 0 Å². The molecule has 2 amide bonds. The van der Waals surface area contributed by atoms with E-state index >= 15 is 0 Å². The van der Waals surface area contributed by atoms with E-state index in [1.165, 1.54) is 0 Å². The molecule has 0 saturated heterocycles. The molecule has 0 unspecified atom stereocenters. The number of primary amides is 1. The van der Waals surface area contributed by atoms with Crippen molar-refractivity contribution < 1.29 is 4.79 Å². The largest absolute Gasteiger partial charge is 0.350 e. The Morgan fingerprint density at radius 3 is 2.50 bits per heavy atom. The molecule has 0 aromatic carbocycles. The Kier molecular flexibility index (Phi) is 1.89. The Morgan fingerprint density at radius 1 is 2.00 bits per heavy atom. The van der Waals surface area contributed by atoms with Crippen LogP contribution < -0.4 is 11.1 Å². The third-order valence-electron chi connectivity index (χ3n) is 0.219. The summed E-state index contributed by atoms with van der Waals surface area (Å²) in [4.78, 5) is 9.58. The van der Waals surface area contributed by atoms with E-state index in [1.807, 2.05) is 0 Å². The van der Waals surface area contributed by atoms with Crippen molar-refractivity contribution >= 4 is 6.03 Å². The lowest BCUT2D eigenvalue weighted by Crippen LogP contribution is -2.16. The summed E-state index contributed by atoms with van der Waals surface area (Å²) in [5.41, 5.74) is 4.53. The lowest BCUT2D eigenvalue weighted by atomic mass is 10.9. The highest BCUT2D eigenvalue weighted by Crippen LogP contribution is 1.54. The van der Waals surface area contributed by atoms with Crippen LogP contribution in [0.25, 0.3) is 0 Å². The lowest BCUT2D eigenvalue weighted by Gasteiger charge is -1.78. The van der Waals surface area contributed by atoms with Crippen molar-refractivity contribution in [1.82, 2.24) is 5.32 Å². The van der Waals surface area contributed by atoms with Gasteiger partial charge in [-0.15, -0.1) is 0 Å². The first-order chi connectivity index (χ1) is 2.77. The fraction of sp³-hybridized carbons (Fsp3) is 0. The maximum Gasteiger partial charge on any atom is 0.338 e. The van der Waals surface area contributed by atoms with Gasteiger partial charge in [-0.25, -0.2) is 10.1 Å². The standard InChI is InChI=1S/C3H5N2O/c1-2-5-3(4)6/h2H,1H2,(H2,4,6). The smallest absolute Gasteiger partial charge is 0.338 e. The zero-order valence-electron chi connectivity index (χ0n) is 3.22. The Morgan fingerprint density at radius 2 is 2.50 bits per heavy atom. The van der Waals surface area contributed by atoms with E-state index in [0.29, 0.717) is 0 Å². The Balaban J connectivity index is 3.05. The van der Waals surface area contributed by atoms with Gasteiger partial charge in [0.2, 0.25) is 0 Å². The Bertz CT molecular complexity index is 69.2. The summed E-state index contributed by atoms with van der Waals surface area (Å²) < 4.78 is 0. The zero-order chi connectivity index (χ0) is 4.99. The van der Waals surface area contributed by atoms with E-state index in [9.17, 15) is 4.79 Å². The van der Waals surface area contributed by atoms with E-state index in [1.54, 1.807) is 0 Å². The van der Waals surface area contributed by atoms with Crippen LogP contribution in [0, 0.1) is 0 Å². The SMILES string of the molecule is C=C[N]C(N)=O. The molecule has 0 heterocycles. The number of hydrogen-bond donors (Lipinski definition) is 1. The average Bonchev–Trinajstić information content (AvgIpc) is 1.35. The van der Waals surface area contributed by atoms with Crippen molar-refractivity contribution in [2.75, 3.05) is 0 Å². The van der Waals surface area contributed by atoms with Gasteiger partial charge in [0.05, 0.1) is 0 Å².